The first kappa shape index (κ1) is 51.0. The van der Waals surface area contributed by atoms with E-state index in [-0.39, 0.29) is 0 Å². The molecule has 0 aliphatic carbocycles. The highest BCUT2D eigenvalue weighted by Gasteiger charge is 2.56. The molecule has 0 aromatic rings. The lowest BCUT2D eigenvalue weighted by molar-refractivity contribution is -0.383. The largest absolute Gasteiger partial charge is 0.394 e. The topological polar surface area (TPSA) is 445 Å². The second-order valence-electron chi connectivity index (χ2n) is 15.5. The highest BCUT2D eigenvalue weighted by atomic mass is 16.8. The van der Waals surface area contributed by atoms with Gasteiger partial charge in [-0.3, -0.25) is 9.59 Å². The molecular formula is C34H58N2O26. The lowest BCUT2D eigenvalue weighted by atomic mass is 9.94. The number of carbonyl (C=O) groups excluding carboxylic acids is 2. The van der Waals surface area contributed by atoms with Gasteiger partial charge >= 0.3 is 0 Å². The van der Waals surface area contributed by atoms with Gasteiger partial charge in [0.05, 0.1) is 33.0 Å². The summed E-state index contributed by atoms with van der Waals surface area (Å²) in [6.07, 6.45) is -42.1. The number of aliphatic hydroxyl groups is 15. The van der Waals surface area contributed by atoms with Crippen LogP contribution in [0.2, 0.25) is 0 Å². The number of aliphatic hydroxyl groups excluding tert-OH is 15. The second-order valence-corrected chi connectivity index (χ2v) is 15.5. The molecule has 0 radical (unpaired) electrons. The average molecular weight is 911 g/mol. The van der Waals surface area contributed by atoms with Crippen LogP contribution in [0.3, 0.4) is 0 Å². The van der Waals surface area contributed by atoms with Gasteiger partial charge < -0.3 is 130 Å². The number of hydrogen-bond acceptors (Lipinski definition) is 26. The van der Waals surface area contributed by atoms with E-state index in [0.29, 0.717) is 0 Å². The molecule has 5 heterocycles. The van der Waals surface area contributed by atoms with E-state index in [1.54, 1.807) is 0 Å². The molecule has 0 saturated carbocycles. The van der Waals surface area contributed by atoms with Gasteiger partial charge in [0, 0.05) is 13.8 Å². The van der Waals surface area contributed by atoms with E-state index in [9.17, 15) is 86.2 Å². The van der Waals surface area contributed by atoms with E-state index < -0.39 is 198 Å². The Hall–Kier alpha value is -2.02. The fourth-order valence-electron chi connectivity index (χ4n) is 7.74. The summed E-state index contributed by atoms with van der Waals surface area (Å²) in [5, 5.41) is 163. The summed E-state index contributed by atoms with van der Waals surface area (Å²) in [4.78, 5) is 24.2. The van der Waals surface area contributed by atoms with Crippen molar-refractivity contribution in [1.82, 2.24) is 10.6 Å². The molecule has 2 amide bonds. The summed E-state index contributed by atoms with van der Waals surface area (Å²) >= 11 is 0. The third kappa shape index (κ3) is 11.0. The Kier molecular flexibility index (Phi) is 18.1. The molecule has 5 saturated heterocycles. The van der Waals surface area contributed by atoms with Crippen molar-refractivity contribution in [3.05, 3.63) is 0 Å². The summed E-state index contributed by atoms with van der Waals surface area (Å²) < 4.78 is 50.9. The van der Waals surface area contributed by atoms with Crippen LogP contribution in [0.4, 0.5) is 0 Å². The Balaban J connectivity index is 1.40. The number of nitrogens with one attached hydrogen (secondary N) is 2. The average Bonchev–Trinajstić information content (AvgIpc) is 3.23. The monoisotopic (exact) mass is 910 g/mol. The lowest BCUT2D eigenvalue weighted by Crippen LogP contribution is -2.70. The van der Waals surface area contributed by atoms with Crippen LogP contribution >= 0.6 is 0 Å². The standard InChI is InChI=1S/C34H58N2O26/c1-8(41)35-15-19(45)27(12(5-39)55-30(15)53)60-31-16(36-9(2)42)20(46)28(13(6-40)58-31)61-34-26(52)23(49)29(62-33-25(51)22(48)18(44)11(4-38)57-33)14(59-34)7-54-32-24(50)21(47)17(43)10(3-37)56-32/h10-34,37-40,43-53H,3-7H2,1-2H3,(H,35,41)(H,36,42)/t10-,11-,12-,13-,14-,15-,16-,17-,18-,19-,20-,21+,22+,23-,24+,25+,26+,27-,28-,29-,30-,31+,32+,33+,34+/m1/s1. The third-order valence-electron chi connectivity index (χ3n) is 11.1. The molecule has 28 nitrogen and oxygen atoms in total. The molecule has 0 aromatic heterocycles. The summed E-state index contributed by atoms with van der Waals surface area (Å²) in [6, 6.07) is -3.17. The summed E-state index contributed by atoms with van der Waals surface area (Å²) in [5.74, 6) is -1.48. The van der Waals surface area contributed by atoms with Crippen LogP contribution in [0.25, 0.3) is 0 Å². The molecule has 0 bridgehead atoms. The minimum absolute atomic E-state index is 0.689. The van der Waals surface area contributed by atoms with Gasteiger partial charge in [0.2, 0.25) is 11.8 Å². The van der Waals surface area contributed by atoms with Gasteiger partial charge in [0.1, 0.15) is 122 Å². The Labute approximate surface area is 351 Å². The molecule has 5 fully saturated rings. The fraction of sp³-hybridized carbons (Fsp3) is 0.941. The van der Waals surface area contributed by atoms with E-state index in [1.807, 2.05) is 0 Å². The van der Waals surface area contributed by atoms with Crippen LogP contribution < -0.4 is 10.6 Å². The molecule has 5 rings (SSSR count). The highest BCUT2D eigenvalue weighted by Crippen LogP contribution is 2.35. The quantitative estimate of drug-likeness (QED) is 0.0725. The molecule has 25 atom stereocenters. The van der Waals surface area contributed by atoms with E-state index in [1.165, 1.54) is 0 Å². The summed E-state index contributed by atoms with van der Waals surface area (Å²) in [7, 11) is 0. The Morgan fingerprint density at radius 1 is 0.419 bits per heavy atom. The zero-order chi connectivity index (χ0) is 45.9. The van der Waals surface area contributed by atoms with E-state index in [2.05, 4.69) is 10.6 Å². The lowest BCUT2D eigenvalue weighted by Gasteiger charge is -2.50. The highest BCUT2D eigenvalue weighted by molar-refractivity contribution is 5.73. The van der Waals surface area contributed by atoms with Crippen molar-refractivity contribution in [3.8, 4) is 0 Å². The predicted octanol–water partition coefficient (Wildman–Crippen LogP) is -11.6. The minimum Gasteiger partial charge on any atom is -0.394 e. The molecule has 62 heavy (non-hydrogen) atoms. The van der Waals surface area contributed by atoms with Gasteiger partial charge in [-0.1, -0.05) is 0 Å². The first-order chi connectivity index (χ1) is 29.3. The Morgan fingerprint density at radius 3 is 1.29 bits per heavy atom. The van der Waals surface area contributed by atoms with Crippen LogP contribution in [0.1, 0.15) is 13.8 Å². The molecule has 5 aliphatic heterocycles. The summed E-state index contributed by atoms with van der Waals surface area (Å²) in [6.45, 7) is -2.29. The molecule has 28 heteroatoms. The second kappa shape index (κ2) is 22.0. The van der Waals surface area contributed by atoms with Crippen molar-refractivity contribution in [1.29, 1.82) is 0 Å². The van der Waals surface area contributed by atoms with E-state index in [4.69, 9.17) is 42.6 Å². The van der Waals surface area contributed by atoms with Crippen molar-refractivity contribution >= 4 is 11.8 Å². The van der Waals surface area contributed by atoms with Gasteiger partial charge in [-0.05, 0) is 0 Å². The van der Waals surface area contributed by atoms with Crippen LogP contribution in [-0.4, -0.2) is 275 Å². The Morgan fingerprint density at radius 2 is 0.790 bits per heavy atom. The van der Waals surface area contributed by atoms with Crippen molar-refractivity contribution < 1.29 is 129 Å². The number of amides is 2. The maximum atomic E-state index is 12.4. The van der Waals surface area contributed by atoms with Crippen molar-refractivity contribution in [2.24, 2.45) is 0 Å². The zero-order valence-corrected chi connectivity index (χ0v) is 33.2. The van der Waals surface area contributed by atoms with Gasteiger partial charge in [-0.15, -0.1) is 0 Å². The molecule has 0 unspecified atom stereocenters. The van der Waals surface area contributed by atoms with E-state index in [0.717, 1.165) is 13.8 Å². The van der Waals surface area contributed by atoms with Gasteiger partial charge in [0.15, 0.2) is 31.5 Å². The number of carbonyl (C=O) groups is 2. The number of ether oxygens (including phenoxy) is 9. The van der Waals surface area contributed by atoms with Crippen molar-refractivity contribution in [2.75, 3.05) is 33.0 Å². The SMILES string of the molecule is CC(=O)N[C@@H]1[C@@H](O)[C@H](O[C@@H]2O[C@H](CO)[C@@H](O[C@@H]3O[C@H](CO[C@H]4O[C@H](CO)[C@@H](O)[C@H](O)[C@@H]4O)[C@@H](O[C@@H]4O[C@H](CO)[C@@H](O)[C@H](O)[C@@H]4O)[C@H](O)[C@@H]3O)[C@H](O)[C@H]2NC(C)=O)[C@@H](CO)O[C@H]1O. The maximum absolute atomic E-state index is 12.4. The summed E-state index contributed by atoms with van der Waals surface area (Å²) in [5.41, 5.74) is 0. The van der Waals surface area contributed by atoms with Crippen LogP contribution in [-0.2, 0) is 52.2 Å². The van der Waals surface area contributed by atoms with Gasteiger partial charge in [-0.25, -0.2) is 0 Å². The normalized spacial score (nSPS) is 49.0. The van der Waals surface area contributed by atoms with Crippen molar-refractivity contribution in [2.45, 2.75) is 167 Å². The molecule has 5 aliphatic rings. The van der Waals surface area contributed by atoms with Crippen molar-refractivity contribution in [3.63, 3.8) is 0 Å². The molecule has 360 valence electrons. The van der Waals surface area contributed by atoms with Gasteiger partial charge in [0.25, 0.3) is 0 Å². The fourth-order valence-corrected chi connectivity index (χ4v) is 7.74. The van der Waals surface area contributed by atoms with Gasteiger partial charge in [-0.2, -0.15) is 0 Å². The molecule has 0 spiro atoms. The maximum Gasteiger partial charge on any atom is 0.217 e. The van der Waals surface area contributed by atoms with E-state index >= 15 is 0 Å². The van der Waals surface area contributed by atoms with Crippen LogP contribution in [0.5, 0.6) is 0 Å². The third-order valence-corrected chi connectivity index (χ3v) is 11.1. The number of rotatable bonds is 15. The first-order valence-corrected chi connectivity index (χ1v) is 19.6. The number of hydrogen-bond donors (Lipinski definition) is 17. The molecule has 17 N–H and O–H groups in total. The minimum atomic E-state index is -2.19. The van der Waals surface area contributed by atoms with Crippen LogP contribution in [0, 0.1) is 0 Å². The smallest absolute Gasteiger partial charge is 0.217 e. The predicted molar refractivity (Wildman–Crippen MR) is 190 cm³/mol. The first-order valence-electron chi connectivity index (χ1n) is 19.6. The zero-order valence-electron chi connectivity index (χ0n) is 33.2. The molecule has 0 aromatic carbocycles. The Bertz CT molecular complexity index is 1440. The molecular weight excluding hydrogens is 852 g/mol. The van der Waals surface area contributed by atoms with Crippen LogP contribution in [0.15, 0.2) is 0 Å².